The van der Waals surface area contributed by atoms with Gasteiger partial charge in [-0.05, 0) is 36.8 Å². The molecule has 27 heavy (non-hydrogen) atoms. The lowest BCUT2D eigenvalue weighted by molar-refractivity contribution is 0.0467. The number of ether oxygens (including phenoxy) is 1. The number of primary sulfonamides is 1. The van der Waals surface area contributed by atoms with Crippen molar-refractivity contribution in [3.05, 3.63) is 74.8 Å². The molecular formula is C17H14ClN3O5S. The van der Waals surface area contributed by atoms with Crippen molar-refractivity contribution in [2.45, 2.75) is 18.4 Å². The second-order valence-electron chi connectivity index (χ2n) is 5.76. The van der Waals surface area contributed by atoms with Crippen LogP contribution < -0.4 is 10.7 Å². The molecule has 10 heteroatoms. The molecule has 3 aromatic rings. The molecule has 3 rings (SSSR count). The second-order valence-corrected chi connectivity index (χ2v) is 7.73. The molecule has 0 amide bonds. The van der Waals surface area contributed by atoms with Crippen molar-refractivity contribution in [2.24, 2.45) is 5.14 Å². The highest BCUT2D eigenvalue weighted by atomic mass is 35.5. The Morgan fingerprint density at radius 3 is 2.70 bits per heavy atom. The topological polar surface area (TPSA) is 121 Å². The van der Waals surface area contributed by atoms with E-state index in [2.05, 4.69) is 4.98 Å². The van der Waals surface area contributed by atoms with Gasteiger partial charge in [0.2, 0.25) is 10.0 Å². The van der Waals surface area contributed by atoms with Crippen molar-refractivity contribution >= 4 is 33.2 Å². The number of halogens is 1. The zero-order valence-corrected chi connectivity index (χ0v) is 15.6. The zero-order valence-electron chi connectivity index (χ0n) is 14.0. The van der Waals surface area contributed by atoms with E-state index in [4.69, 9.17) is 21.5 Å². The lowest BCUT2D eigenvalue weighted by Gasteiger charge is -2.08. The van der Waals surface area contributed by atoms with Gasteiger partial charge in [-0.3, -0.25) is 9.20 Å². The summed E-state index contributed by atoms with van der Waals surface area (Å²) in [5.74, 6) is -0.766. The van der Waals surface area contributed by atoms with E-state index in [1.165, 1.54) is 28.8 Å². The van der Waals surface area contributed by atoms with E-state index >= 15 is 0 Å². The van der Waals surface area contributed by atoms with E-state index in [9.17, 15) is 18.0 Å². The average molecular weight is 408 g/mol. The van der Waals surface area contributed by atoms with Crippen LogP contribution >= 0.6 is 11.6 Å². The number of pyridine rings is 1. The Bertz CT molecular complexity index is 1220. The SMILES string of the molecule is Cc1ccc(C(=O)OCc2cc(=O)n3cc(Cl)ccc3n2)cc1S(N)(=O)=O. The predicted molar refractivity (Wildman–Crippen MR) is 98.1 cm³/mol. The zero-order chi connectivity index (χ0) is 19.8. The maximum atomic E-state index is 12.2. The van der Waals surface area contributed by atoms with Crippen molar-refractivity contribution in [1.82, 2.24) is 9.38 Å². The van der Waals surface area contributed by atoms with Crippen molar-refractivity contribution in [2.75, 3.05) is 0 Å². The fourth-order valence-electron chi connectivity index (χ4n) is 2.46. The first kappa shape index (κ1) is 19.0. The van der Waals surface area contributed by atoms with Crippen LogP contribution in [0.3, 0.4) is 0 Å². The molecule has 140 valence electrons. The van der Waals surface area contributed by atoms with Gasteiger partial charge in [0, 0.05) is 12.3 Å². The number of aryl methyl sites for hydroxylation is 1. The third-order valence-electron chi connectivity index (χ3n) is 3.76. The molecular weight excluding hydrogens is 394 g/mol. The highest BCUT2D eigenvalue weighted by molar-refractivity contribution is 7.89. The van der Waals surface area contributed by atoms with Crippen LogP contribution in [-0.4, -0.2) is 23.8 Å². The standard InChI is InChI=1S/C17H14ClN3O5S/c1-10-2-3-11(6-14(10)27(19,24)25)17(23)26-9-13-7-16(22)21-8-12(18)4-5-15(21)20-13/h2-8H,9H2,1H3,(H2,19,24,25). The van der Waals surface area contributed by atoms with Gasteiger partial charge in [-0.25, -0.2) is 23.3 Å². The molecule has 0 bridgehead atoms. The monoisotopic (exact) mass is 407 g/mol. The Morgan fingerprint density at radius 2 is 2.00 bits per heavy atom. The van der Waals surface area contributed by atoms with Gasteiger partial charge in [-0.2, -0.15) is 0 Å². The molecule has 2 aromatic heterocycles. The fraction of sp³-hybridized carbons (Fsp3) is 0.118. The van der Waals surface area contributed by atoms with Crippen LogP contribution in [0.4, 0.5) is 0 Å². The number of esters is 1. The van der Waals surface area contributed by atoms with Crippen LogP contribution in [0, 0.1) is 6.92 Å². The molecule has 0 radical (unpaired) electrons. The Balaban J connectivity index is 1.83. The molecule has 0 aliphatic heterocycles. The molecule has 1 aromatic carbocycles. The maximum absolute atomic E-state index is 12.2. The van der Waals surface area contributed by atoms with Crippen LogP contribution in [0.25, 0.3) is 5.65 Å². The normalized spacial score (nSPS) is 11.5. The Hall–Kier alpha value is -2.75. The first-order chi connectivity index (χ1) is 12.6. The van der Waals surface area contributed by atoms with Gasteiger partial charge in [0.05, 0.1) is 21.2 Å². The number of nitrogens with two attached hydrogens (primary N) is 1. The van der Waals surface area contributed by atoms with Gasteiger partial charge in [-0.1, -0.05) is 17.7 Å². The Kier molecular flexibility index (Phi) is 5.01. The summed E-state index contributed by atoms with van der Waals surface area (Å²) in [6, 6.07) is 8.41. The number of aromatic nitrogens is 2. The summed E-state index contributed by atoms with van der Waals surface area (Å²) < 4.78 is 29.5. The third-order valence-corrected chi connectivity index (χ3v) is 5.03. The van der Waals surface area contributed by atoms with Crippen LogP contribution in [0.5, 0.6) is 0 Å². The first-order valence-corrected chi connectivity index (χ1v) is 9.56. The summed E-state index contributed by atoms with van der Waals surface area (Å²) in [6.45, 7) is 1.30. The van der Waals surface area contributed by atoms with Crippen molar-refractivity contribution < 1.29 is 17.9 Å². The quantitative estimate of drug-likeness (QED) is 0.656. The minimum absolute atomic E-state index is 0.0221. The second kappa shape index (κ2) is 7.10. The largest absolute Gasteiger partial charge is 0.456 e. The summed E-state index contributed by atoms with van der Waals surface area (Å²) in [4.78, 5) is 28.4. The Labute approximate surface area is 159 Å². The Morgan fingerprint density at radius 1 is 1.26 bits per heavy atom. The molecule has 0 aliphatic rings. The lowest BCUT2D eigenvalue weighted by atomic mass is 10.1. The molecule has 0 fully saturated rings. The number of fused-ring (bicyclic) bond motifs is 1. The molecule has 8 nitrogen and oxygen atoms in total. The summed E-state index contributed by atoms with van der Waals surface area (Å²) in [6.07, 6.45) is 1.43. The van der Waals surface area contributed by atoms with Crippen molar-refractivity contribution in [1.29, 1.82) is 0 Å². The fourth-order valence-corrected chi connectivity index (χ4v) is 3.43. The van der Waals surface area contributed by atoms with E-state index in [0.29, 0.717) is 16.2 Å². The number of carbonyl (C=O) groups is 1. The maximum Gasteiger partial charge on any atom is 0.338 e. The van der Waals surface area contributed by atoms with E-state index in [1.54, 1.807) is 19.1 Å². The summed E-state index contributed by atoms with van der Waals surface area (Å²) in [7, 11) is -3.97. The number of hydrogen-bond donors (Lipinski definition) is 1. The number of carbonyl (C=O) groups excluding carboxylic acids is 1. The van der Waals surface area contributed by atoms with Crippen LogP contribution in [0.1, 0.15) is 21.6 Å². The van der Waals surface area contributed by atoms with Crippen LogP contribution in [0.2, 0.25) is 5.02 Å². The van der Waals surface area contributed by atoms with Gasteiger partial charge < -0.3 is 4.74 Å². The van der Waals surface area contributed by atoms with Crippen LogP contribution in [-0.2, 0) is 21.4 Å². The molecule has 0 saturated heterocycles. The van der Waals surface area contributed by atoms with Gasteiger partial charge in [0.15, 0.2) is 0 Å². The number of nitrogens with zero attached hydrogens (tertiary/aromatic N) is 2. The van der Waals surface area contributed by atoms with Crippen molar-refractivity contribution in [3.8, 4) is 0 Å². The number of benzene rings is 1. The summed E-state index contributed by atoms with van der Waals surface area (Å²) in [5, 5.41) is 5.52. The lowest BCUT2D eigenvalue weighted by Crippen LogP contribution is -2.17. The number of sulfonamides is 1. The first-order valence-electron chi connectivity index (χ1n) is 7.63. The molecule has 0 aliphatic carbocycles. The third kappa shape index (κ3) is 4.16. The molecule has 2 heterocycles. The smallest absolute Gasteiger partial charge is 0.338 e. The van der Waals surface area contributed by atoms with E-state index in [0.717, 1.165) is 6.07 Å². The number of rotatable bonds is 4. The van der Waals surface area contributed by atoms with Crippen molar-refractivity contribution in [3.63, 3.8) is 0 Å². The predicted octanol–water partition coefficient (Wildman–Crippen LogP) is 1.66. The van der Waals surface area contributed by atoms with E-state index in [1.807, 2.05) is 0 Å². The summed E-state index contributed by atoms with van der Waals surface area (Å²) >= 11 is 5.85. The average Bonchev–Trinajstić information content (AvgIpc) is 2.59. The van der Waals surface area contributed by atoms with Gasteiger partial charge >= 0.3 is 5.97 Å². The minimum atomic E-state index is -3.97. The highest BCUT2D eigenvalue weighted by Crippen LogP contribution is 2.17. The molecule has 0 unspecified atom stereocenters. The van der Waals surface area contributed by atoms with E-state index < -0.39 is 16.0 Å². The highest BCUT2D eigenvalue weighted by Gasteiger charge is 2.16. The minimum Gasteiger partial charge on any atom is -0.456 e. The molecule has 2 N–H and O–H groups in total. The van der Waals surface area contributed by atoms with Gasteiger partial charge in [-0.15, -0.1) is 0 Å². The summed E-state index contributed by atoms with van der Waals surface area (Å²) in [5.41, 5.74) is 0.658. The molecule has 0 saturated carbocycles. The molecule has 0 atom stereocenters. The number of hydrogen-bond acceptors (Lipinski definition) is 6. The van der Waals surface area contributed by atoms with Crippen LogP contribution in [0.15, 0.2) is 52.3 Å². The van der Waals surface area contributed by atoms with E-state index in [-0.39, 0.29) is 28.3 Å². The molecule has 0 spiro atoms. The van der Waals surface area contributed by atoms with Gasteiger partial charge in [0.25, 0.3) is 5.56 Å². The van der Waals surface area contributed by atoms with Gasteiger partial charge in [0.1, 0.15) is 12.3 Å².